The topological polar surface area (TPSA) is 101 Å². The largest absolute Gasteiger partial charge is 0.364 e. The molecule has 2 aromatic heterocycles. The molecule has 0 atom stereocenters. The van der Waals surface area contributed by atoms with Crippen LogP contribution in [0.4, 0.5) is 0 Å². The van der Waals surface area contributed by atoms with Gasteiger partial charge in [0.2, 0.25) is 6.41 Å². The van der Waals surface area contributed by atoms with Crippen molar-refractivity contribution in [1.29, 1.82) is 0 Å². The molecule has 22 heavy (non-hydrogen) atoms. The first-order chi connectivity index (χ1) is 10.7. The number of H-pyrrole nitrogens is 1. The molecule has 114 valence electrons. The average Bonchev–Trinajstić information content (AvgIpc) is 2.91. The second kappa shape index (κ2) is 7.21. The maximum atomic E-state index is 11.1. The Hall–Kier alpha value is -2.89. The summed E-state index contributed by atoms with van der Waals surface area (Å²) < 4.78 is 0. The van der Waals surface area contributed by atoms with Crippen LogP contribution in [-0.4, -0.2) is 28.8 Å². The number of hydrogen-bond acceptors (Lipinski definition) is 3. The van der Waals surface area contributed by atoms with E-state index in [1.807, 2.05) is 31.2 Å². The zero-order valence-electron chi connectivity index (χ0n) is 12.3. The van der Waals surface area contributed by atoms with Crippen LogP contribution in [0, 0.1) is 0 Å². The predicted molar refractivity (Wildman–Crippen MR) is 86.5 cm³/mol. The number of carbonyl (C=O) groups is 2. The number of hydrogen-bond donors (Lipinski definition) is 3. The third-order valence-corrected chi connectivity index (χ3v) is 3.12. The molecule has 0 saturated carbocycles. The van der Waals surface area contributed by atoms with E-state index in [2.05, 4.69) is 15.3 Å². The number of primary amides is 1. The summed E-state index contributed by atoms with van der Waals surface area (Å²) in [5.41, 5.74) is 7.43. The summed E-state index contributed by atoms with van der Waals surface area (Å²) in [4.78, 5) is 27.7. The van der Waals surface area contributed by atoms with Gasteiger partial charge in [-0.2, -0.15) is 0 Å². The molecule has 6 nitrogen and oxygen atoms in total. The van der Waals surface area contributed by atoms with Crippen molar-refractivity contribution in [2.24, 2.45) is 5.73 Å². The molecule has 0 aliphatic rings. The Morgan fingerprint density at radius 1 is 1.32 bits per heavy atom. The van der Waals surface area contributed by atoms with Crippen LogP contribution in [0.1, 0.15) is 23.8 Å². The van der Waals surface area contributed by atoms with Crippen molar-refractivity contribution in [3.63, 3.8) is 0 Å². The minimum absolute atomic E-state index is 0.289. The van der Waals surface area contributed by atoms with E-state index in [9.17, 15) is 9.59 Å². The van der Waals surface area contributed by atoms with Gasteiger partial charge in [-0.1, -0.05) is 25.1 Å². The van der Waals surface area contributed by atoms with Crippen molar-refractivity contribution >= 4 is 34.1 Å². The highest BCUT2D eigenvalue weighted by molar-refractivity contribution is 6.08. The Labute approximate surface area is 127 Å². The summed E-state index contributed by atoms with van der Waals surface area (Å²) in [6, 6.07) is 9.62. The number of carbonyl (C=O) groups excluding carboxylic acids is 2. The number of amides is 2. The van der Waals surface area contributed by atoms with Crippen LogP contribution in [0.2, 0.25) is 0 Å². The van der Waals surface area contributed by atoms with Crippen molar-refractivity contribution in [2.75, 3.05) is 6.54 Å². The summed E-state index contributed by atoms with van der Waals surface area (Å²) in [5, 5.41) is 4.56. The molecule has 0 aliphatic heterocycles. The van der Waals surface area contributed by atoms with Crippen molar-refractivity contribution < 1.29 is 9.59 Å². The van der Waals surface area contributed by atoms with E-state index in [0.717, 1.165) is 34.8 Å². The molecular formula is C16H18N4O2. The summed E-state index contributed by atoms with van der Waals surface area (Å²) in [6.45, 7) is 2.81. The predicted octanol–water partition coefficient (Wildman–Crippen LogP) is 1.96. The summed E-state index contributed by atoms with van der Waals surface area (Å²) >= 11 is 0. The van der Waals surface area contributed by atoms with Gasteiger partial charge in [0.05, 0.1) is 11.7 Å². The fraction of sp³-hybridized carbons (Fsp3) is 0.188. The first kappa shape index (κ1) is 15.5. The van der Waals surface area contributed by atoms with E-state index in [1.165, 1.54) is 0 Å². The Morgan fingerprint density at radius 2 is 2.09 bits per heavy atom. The lowest BCUT2D eigenvalue weighted by Crippen LogP contribution is -2.12. The molecule has 0 radical (unpaired) electrons. The van der Waals surface area contributed by atoms with E-state index in [0.29, 0.717) is 6.41 Å². The van der Waals surface area contributed by atoms with Crippen LogP contribution < -0.4 is 11.1 Å². The molecule has 2 amide bonds. The van der Waals surface area contributed by atoms with E-state index >= 15 is 0 Å². The lowest BCUT2D eigenvalue weighted by molar-refractivity contribution is -0.109. The Bertz CT molecular complexity index is 795. The van der Waals surface area contributed by atoms with Gasteiger partial charge >= 0.3 is 0 Å². The monoisotopic (exact) mass is 298 g/mol. The number of nitrogens with one attached hydrogen (secondary N) is 2. The van der Waals surface area contributed by atoms with Gasteiger partial charge in [0.25, 0.3) is 5.91 Å². The minimum Gasteiger partial charge on any atom is -0.364 e. The number of aromatic nitrogens is 2. The van der Waals surface area contributed by atoms with Crippen molar-refractivity contribution in [1.82, 2.24) is 15.3 Å². The molecule has 0 fully saturated rings. The molecule has 2 heterocycles. The van der Waals surface area contributed by atoms with E-state index < -0.39 is 5.91 Å². The second-order valence-corrected chi connectivity index (χ2v) is 4.72. The Kier molecular flexibility index (Phi) is 5.08. The molecule has 0 saturated heterocycles. The van der Waals surface area contributed by atoms with Crippen LogP contribution in [0.15, 0.2) is 36.5 Å². The van der Waals surface area contributed by atoms with Crippen LogP contribution >= 0.6 is 0 Å². The molecule has 0 unspecified atom stereocenters. The first-order valence-electron chi connectivity index (χ1n) is 7.00. The highest BCUT2D eigenvalue weighted by Crippen LogP contribution is 2.24. The number of fused-ring (bicyclic) bond motifs is 3. The molecule has 0 bridgehead atoms. The van der Waals surface area contributed by atoms with Gasteiger partial charge in [-0.05, 0) is 18.6 Å². The third kappa shape index (κ3) is 3.41. The zero-order valence-corrected chi connectivity index (χ0v) is 12.3. The van der Waals surface area contributed by atoms with Crippen LogP contribution in [0.5, 0.6) is 0 Å². The van der Waals surface area contributed by atoms with Crippen molar-refractivity contribution in [2.45, 2.75) is 13.3 Å². The van der Waals surface area contributed by atoms with E-state index in [4.69, 9.17) is 5.73 Å². The van der Waals surface area contributed by atoms with E-state index in [-0.39, 0.29) is 5.69 Å². The molecule has 0 spiro atoms. The van der Waals surface area contributed by atoms with Gasteiger partial charge in [-0.25, -0.2) is 4.98 Å². The molecule has 6 heteroatoms. The smallest absolute Gasteiger partial charge is 0.267 e. The Balaban J connectivity index is 0.000000254. The van der Waals surface area contributed by atoms with Crippen molar-refractivity contribution in [3.05, 3.63) is 42.2 Å². The highest BCUT2D eigenvalue weighted by Gasteiger charge is 2.07. The Morgan fingerprint density at radius 3 is 2.73 bits per heavy atom. The van der Waals surface area contributed by atoms with Gasteiger partial charge in [-0.3, -0.25) is 9.59 Å². The molecule has 1 aromatic carbocycles. The number of rotatable bonds is 4. The lowest BCUT2D eigenvalue weighted by atomic mass is 10.1. The number of para-hydroxylation sites is 1. The number of aromatic amines is 1. The van der Waals surface area contributed by atoms with Crippen LogP contribution in [-0.2, 0) is 4.79 Å². The fourth-order valence-corrected chi connectivity index (χ4v) is 2.09. The number of benzene rings is 1. The minimum atomic E-state index is -0.507. The standard InChI is InChI=1S/C12H9N3O.C4H9NO/c13-12(16)10-5-8-7-3-1-2-4-9(7)15-11(8)6-14-10;1-2-3-5-4-6/h1-6,15H,(H2,13,16);4H,2-3H2,1H3,(H,5,6). The summed E-state index contributed by atoms with van der Waals surface area (Å²) in [5.74, 6) is -0.507. The SMILES string of the molecule is CCCNC=O.NC(=O)c1cc2c(cn1)[nH]c1ccccc12. The molecule has 3 rings (SSSR count). The average molecular weight is 298 g/mol. The lowest BCUT2D eigenvalue weighted by Gasteiger charge is -1.94. The van der Waals surface area contributed by atoms with Crippen LogP contribution in [0.3, 0.4) is 0 Å². The normalized spacial score (nSPS) is 10.0. The molecule has 3 aromatic rings. The maximum absolute atomic E-state index is 11.1. The second-order valence-electron chi connectivity index (χ2n) is 4.72. The summed E-state index contributed by atoms with van der Waals surface area (Å²) in [6.07, 6.45) is 3.36. The molecular weight excluding hydrogens is 280 g/mol. The van der Waals surface area contributed by atoms with Gasteiger partial charge in [0.1, 0.15) is 5.69 Å². The maximum Gasteiger partial charge on any atom is 0.267 e. The van der Waals surface area contributed by atoms with Crippen LogP contribution in [0.25, 0.3) is 21.8 Å². The summed E-state index contributed by atoms with van der Waals surface area (Å²) in [7, 11) is 0. The zero-order chi connectivity index (χ0) is 15.9. The number of nitrogens with zero attached hydrogens (tertiary/aromatic N) is 1. The van der Waals surface area contributed by atoms with E-state index in [1.54, 1.807) is 12.3 Å². The molecule has 0 aliphatic carbocycles. The van der Waals surface area contributed by atoms with Gasteiger partial charge in [0.15, 0.2) is 0 Å². The molecule has 4 N–H and O–H groups in total. The van der Waals surface area contributed by atoms with Gasteiger partial charge in [0, 0.05) is 22.8 Å². The third-order valence-electron chi connectivity index (χ3n) is 3.12. The van der Waals surface area contributed by atoms with Gasteiger partial charge in [-0.15, -0.1) is 0 Å². The quantitative estimate of drug-likeness (QED) is 0.507. The van der Waals surface area contributed by atoms with Crippen molar-refractivity contribution in [3.8, 4) is 0 Å². The first-order valence-corrected chi connectivity index (χ1v) is 7.00. The fourth-order valence-electron chi connectivity index (χ4n) is 2.09. The number of nitrogens with two attached hydrogens (primary N) is 1. The highest BCUT2D eigenvalue weighted by atomic mass is 16.1. The van der Waals surface area contributed by atoms with Gasteiger partial charge < -0.3 is 16.0 Å². The number of pyridine rings is 1.